The maximum Gasteiger partial charge on any atom is 0.302 e. The summed E-state index contributed by atoms with van der Waals surface area (Å²) in [6.07, 6.45) is 4.74. The number of rotatable bonds is 3. The van der Waals surface area contributed by atoms with Crippen LogP contribution in [0.25, 0.3) is 0 Å². The molecule has 0 heterocycles. The SMILES string of the molecule is C.CC(=O)OC1CCC(C)CC1.COc1ccc([N+](=O)[O-])cc1. The van der Waals surface area contributed by atoms with E-state index in [0.717, 1.165) is 18.8 Å². The highest BCUT2D eigenvalue weighted by Gasteiger charge is 2.19. The fourth-order valence-electron chi connectivity index (χ4n) is 2.29. The molecule has 1 aliphatic carbocycles. The Kier molecular flexibility index (Phi) is 9.62. The number of methoxy groups -OCH3 is 1. The van der Waals surface area contributed by atoms with Crippen LogP contribution in [0.3, 0.4) is 0 Å². The predicted octanol–water partition coefficient (Wildman–Crippen LogP) is 4.37. The fourth-order valence-corrected chi connectivity index (χ4v) is 2.29. The molecule has 1 aliphatic rings. The van der Waals surface area contributed by atoms with E-state index < -0.39 is 4.92 Å². The van der Waals surface area contributed by atoms with Crippen LogP contribution in [0.5, 0.6) is 5.75 Å². The first-order chi connectivity index (χ1) is 10.4. The second-order valence-electron chi connectivity index (χ2n) is 5.45. The number of carbonyl (C=O) groups is 1. The molecule has 1 aromatic carbocycles. The number of nitro benzene ring substituents is 1. The Morgan fingerprint density at radius 3 is 2.09 bits per heavy atom. The molecule has 0 atom stereocenters. The summed E-state index contributed by atoms with van der Waals surface area (Å²) in [5, 5.41) is 10.2. The summed E-state index contributed by atoms with van der Waals surface area (Å²) in [7, 11) is 1.52. The molecule has 0 amide bonds. The number of hydrogen-bond donors (Lipinski definition) is 0. The first kappa shape index (κ1) is 20.9. The number of ether oxygens (including phenoxy) is 2. The zero-order chi connectivity index (χ0) is 16.5. The molecule has 0 bridgehead atoms. The molecule has 2 rings (SSSR count). The van der Waals surface area contributed by atoms with E-state index in [2.05, 4.69) is 6.92 Å². The van der Waals surface area contributed by atoms with Gasteiger partial charge in [0.15, 0.2) is 0 Å². The molecule has 23 heavy (non-hydrogen) atoms. The van der Waals surface area contributed by atoms with Gasteiger partial charge < -0.3 is 9.47 Å². The van der Waals surface area contributed by atoms with Crippen molar-refractivity contribution in [3.8, 4) is 5.75 Å². The van der Waals surface area contributed by atoms with Gasteiger partial charge in [-0.1, -0.05) is 14.4 Å². The Bertz CT molecular complexity index is 478. The van der Waals surface area contributed by atoms with Crippen molar-refractivity contribution < 1.29 is 19.2 Å². The van der Waals surface area contributed by atoms with E-state index in [1.807, 2.05) is 0 Å². The van der Waals surface area contributed by atoms with Gasteiger partial charge in [0.25, 0.3) is 5.69 Å². The second-order valence-corrected chi connectivity index (χ2v) is 5.45. The van der Waals surface area contributed by atoms with Crippen LogP contribution in [-0.2, 0) is 9.53 Å². The van der Waals surface area contributed by atoms with Crippen LogP contribution in [0.4, 0.5) is 5.69 Å². The van der Waals surface area contributed by atoms with Crippen LogP contribution >= 0.6 is 0 Å². The Hall–Kier alpha value is -2.11. The number of nitro groups is 1. The van der Waals surface area contributed by atoms with Crippen molar-refractivity contribution in [2.24, 2.45) is 5.92 Å². The van der Waals surface area contributed by atoms with Crippen molar-refractivity contribution in [3.63, 3.8) is 0 Å². The molecule has 0 aromatic heterocycles. The summed E-state index contributed by atoms with van der Waals surface area (Å²) in [4.78, 5) is 20.3. The lowest BCUT2D eigenvalue weighted by Crippen LogP contribution is -2.22. The van der Waals surface area contributed by atoms with Crippen molar-refractivity contribution in [1.82, 2.24) is 0 Å². The molecule has 6 nitrogen and oxygen atoms in total. The monoisotopic (exact) mass is 325 g/mol. The molecule has 0 saturated heterocycles. The smallest absolute Gasteiger partial charge is 0.302 e. The lowest BCUT2D eigenvalue weighted by molar-refractivity contribution is -0.384. The lowest BCUT2D eigenvalue weighted by Gasteiger charge is -2.25. The molecule has 0 unspecified atom stereocenters. The Morgan fingerprint density at radius 2 is 1.70 bits per heavy atom. The van der Waals surface area contributed by atoms with Gasteiger partial charge in [0, 0.05) is 19.1 Å². The van der Waals surface area contributed by atoms with Crippen molar-refractivity contribution in [1.29, 1.82) is 0 Å². The van der Waals surface area contributed by atoms with Gasteiger partial charge in [-0.3, -0.25) is 14.9 Å². The summed E-state index contributed by atoms with van der Waals surface area (Å²) in [5.41, 5.74) is 0.0748. The average molecular weight is 325 g/mol. The predicted molar refractivity (Wildman–Crippen MR) is 89.6 cm³/mol. The van der Waals surface area contributed by atoms with E-state index in [1.54, 1.807) is 12.1 Å². The van der Waals surface area contributed by atoms with Gasteiger partial charge in [-0.15, -0.1) is 0 Å². The molecule has 0 radical (unpaired) electrons. The number of carbonyl (C=O) groups excluding carboxylic acids is 1. The maximum atomic E-state index is 10.6. The molecule has 1 fully saturated rings. The minimum Gasteiger partial charge on any atom is -0.497 e. The summed E-state index contributed by atoms with van der Waals surface area (Å²) < 4.78 is 9.93. The largest absolute Gasteiger partial charge is 0.497 e. The van der Waals surface area contributed by atoms with E-state index in [0.29, 0.717) is 5.75 Å². The number of esters is 1. The van der Waals surface area contributed by atoms with Crippen LogP contribution in [0.15, 0.2) is 24.3 Å². The third-order valence-corrected chi connectivity index (χ3v) is 3.58. The average Bonchev–Trinajstić information content (AvgIpc) is 2.50. The van der Waals surface area contributed by atoms with Crippen LogP contribution in [0.2, 0.25) is 0 Å². The van der Waals surface area contributed by atoms with E-state index in [1.165, 1.54) is 39.0 Å². The van der Waals surface area contributed by atoms with Gasteiger partial charge in [0.1, 0.15) is 11.9 Å². The third-order valence-electron chi connectivity index (χ3n) is 3.58. The van der Waals surface area contributed by atoms with E-state index in [-0.39, 0.29) is 25.2 Å². The highest BCUT2D eigenvalue weighted by Crippen LogP contribution is 2.25. The van der Waals surface area contributed by atoms with Gasteiger partial charge in [-0.2, -0.15) is 0 Å². The highest BCUT2D eigenvalue weighted by molar-refractivity contribution is 5.66. The van der Waals surface area contributed by atoms with Crippen LogP contribution in [0, 0.1) is 16.0 Å². The third kappa shape index (κ3) is 8.18. The van der Waals surface area contributed by atoms with E-state index >= 15 is 0 Å². The maximum absolute atomic E-state index is 10.6. The first-order valence-corrected chi connectivity index (χ1v) is 7.38. The number of nitrogens with zero attached hydrogens (tertiary/aromatic N) is 1. The normalized spacial score (nSPS) is 19.4. The summed E-state index contributed by atoms with van der Waals surface area (Å²) in [6, 6.07) is 5.91. The minimum atomic E-state index is -0.445. The van der Waals surface area contributed by atoms with Crippen molar-refractivity contribution in [2.45, 2.75) is 53.1 Å². The molecule has 0 N–H and O–H groups in total. The van der Waals surface area contributed by atoms with Gasteiger partial charge in [0.2, 0.25) is 0 Å². The minimum absolute atomic E-state index is 0. The van der Waals surface area contributed by atoms with Crippen LogP contribution in [0.1, 0.15) is 47.0 Å². The number of hydrogen-bond acceptors (Lipinski definition) is 5. The zero-order valence-electron chi connectivity index (χ0n) is 13.3. The Labute approximate surface area is 137 Å². The van der Waals surface area contributed by atoms with Crippen molar-refractivity contribution in [3.05, 3.63) is 34.4 Å². The molecule has 6 heteroatoms. The van der Waals surface area contributed by atoms with Gasteiger partial charge in [-0.05, 0) is 43.7 Å². The van der Waals surface area contributed by atoms with Crippen LogP contribution in [-0.4, -0.2) is 24.1 Å². The topological polar surface area (TPSA) is 78.7 Å². The molecule has 1 aromatic rings. The van der Waals surface area contributed by atoms with E-state index in [9.17, 15) is 14.9 Å². The fraction of sp³-hybridized carbons (Fsp3) is 0.588. The molecule has 0 aliphatic heterocycles. The molecule has 130 valence electrons. The quantitative estimate of drug-likeness (QED) is 0.468. The van der Waals surface area contributed by atoms with E-state index in [4.69, 9.17) is 9.47 Å². The second kappa shape index (κ2) is 10.6. The number of non-ortho nitro benzene ring substituents is 1. The number of benzene rings is 1. The first-order valence-electron chi connectivity index (χ1n) is 7.38. The summed E-state index contributed by atoms with van der Waals surface area (Å²) >= 11 is 0. The zero-order valence-corrected chi connectivity index (χ0v) is 13.3. The van der Waals surface area contributed by atoms with Gasteiger partial charge >= 0.3 is 5.97 Å². The highest BCUT2D eigenvalue weighted by atomic mass is 16.6. The Morgan fingerprint density at radius 1 is 1.17 bits per heavy atom. The summed E-state index contributed by atoms with van der Waals surface area (Å²) in [5.74, 6) is 1.31. The lowest BCUT2D eigenvalue weighted by atomic mass is 9.89. The standard InChI is InChI=1S/C9H16O2.C7H7NO3.CH4/c1-7-3-5-9(6-4-7)11-8(2)10;1-11-7-4-2-6(3-5-7)8(9)10;/h7,9H,3-6H2,1-2H3;2-5H,1H3;1H4. The Balaban J connectivity index is 0.000000403. The van der Waals surface area contributed by atoms with Gasteiger partial charge in [0.05, 0.1) is 12.0 Å². The summed E-state index contributed by atoms with van der Waals surface area (Å²) in [6.45, 7) is 3.74. The molecular weight excluding hydrogens is 298 g/mol. The van der Waals surface area contributed by atoms with Gasteiger partial charge in [-0.25, -0.2) is 0 Å². The molecule has 0 spiro atoms. The van der Waals surface area contributed by atoms with Crippen LogP contribution < -0.4 is 4.74 Å². The molecule has 1 saturated carbocycles. The van der Waals surface area contributed by atoms with Crippen molar-refractivity contribution >= 4 is 11.7 Å². The van der Waals surface area contributed by atoms with Crippen molar-refractivity contribution in [2.75, 3.05) is 7.11 Å². The molecular formula is C17H27NO5.